The van der Waals surface area contributed by atoms with Crippen LogP contribution in [0.1, 0.15) is 37.4 Å². The van der Waals surface area contributed by atoms with Gasteiger partial charge in [-0.05, 0) is 73.9 Å². The highest BCUT2D eigenvalue weighted by atomic mass is 35.5. The SMILES string of the molecule is C/C(=C/C(=O)NCCCOc1ccccc1C(C)N(c1cc(F)ccc1F)S(=O)(=O)c1ccc(Cl)cc1)c1ccccc1. The van der Waals surface area contributed by atoms with E-state index in [9.17, 15) is 17.6 Å². The van der Waals surface area contributed by atoms with E-state index in [1.54, 1.807) is 31.2 Å². The Kier molecular flexibility index (Phi) is 10.6. The van der Waals surface area contributed by atoms with Gasteiger partial charge in [0.2, 0.25) is 5.91 Å². The van der Waals surface area contributed by atoms with Crippen molar-refractivity contribution in [3.63, 3.8) is 0 Å². The van der Waals surface area contributed by atoms with Crippen LogP contribution in [0.2, 0.25) is 5.02 Å². The van der Waals surface area contributed by atoms with Gasteiger partial charge < -0.3 is 10.1 Å². The zero-order valence-electron chi connectivity index (χ0n) is 23.6. The number of carbonyl (C=O) groups is 1. The summed E-state index contributed by atoms with van der Waals surface area (Å²) in [6.45, 7) is 3.99. The Morgan fingerprint density at radius 2 is 1.65 bits per heavy atom. The minimum absolute atomic E-state index is 0.141. The summed E-state index contributed by atoms with van der Waals surface area (Å²) < 4.78 is 63.9. The highest BCUT2D eigenvalue weighted by Crippen LogP contribution is 2.38. The molecule has 4 aromatic rings. The molecule has 0 saturated carbocycles. The number of carbonyl (C=O) groups excluding carboxylic acids is 1. The van der Waals surface area contributed by atoms with E-state index < -0.39 is 33.4 Å². The van der Waals surface area contributed by atoms with Crippen LogP contribution in [0.5, 0.6) is 5.75 Å². The normalized spacial score (nSPS) is 12.4. The van der Waals surface area contributed by atoms with Gasteiger partial charge in [-0.2, -0.15) is 0 Å². The monoisotopic (exact) mass is 624 g/mol. The molecular formula is C33H31ClF2N2O4S. The van der Waals surface area contributed by atoms with Crippen molar-refractivity contribution >= 4 is 38.8 Å². The number of allylic oxidation sites excluding steroid dienone is 1. The molecule has 1 atom stereocenters. The zero-order chi connectivity index (χ0) is 31.0. The maximum Gasteiger partial charge on any atom is 0.264 e. The first-order valence-electron chi connectivity index (χ1n) is 13.6. The third kappa shape index (κ3) is 8.00. The summed E-state index contributed by atoms with van der Waals surface area (Å²) >= 11 is 5.96. The fourth-order valence-electron chi connectivity index (χ4n) is 4.50. The van der Waals surface area contributed by atoms with Gasteiger partial charge in [0, 0.05) is 29.3 Å². The molecule has 0 radical (unpaired) electrons. The Balaban J connectivity index is 1.51. The van der Waals surface area contributed by atoms with Crippen LogP contribution in [0.3, 0.4) is 0 Å². The average Bonchev–Trinajstić information content (AvgIpc) is 2.99. The number of nitrogens with zero attached hydrogens (tertiary/aromatic N) is 1. The molecule has 0 aliphatic heterocycles. The van der Waals surface area contributed by atoms with Gasteiger partial charge in [0.1, 0.15) is 17.4 Å². The predicted molar refractivity (Wildman–Crippen MR) is 166 cm³/mol. The van der Waals surface area contributed by atoms with E-state index in [1.165, 1.54) is 30.3 Å². The Bertz CT molecular complexity index is 1700. The number of hydrogen-bond donors (Lipinski definition) is 1. The molecule has 0 aromatic heterocycles. The first-order valence-corrected chi connectivity index (χ1v) is 15.4. The Morgan fingerprint density at radius 3 is 2.37 bits per heavy atom. The average molecular weight is 625 g/mol. The lowest BCUT2D eigenvalue weighted by Gasteiger charge is -2.32. The first-order chi connectivity index (χ1) is 20.6. The van der Waals surface area contributed by atoms with Crippen LogP contribution in [0.4, 0.5) is 14.5 Å². The third-order valence-corrected chi connectivity index (χ3v) is 8.84. The molecule has 10 heteroatoms. The van der Waals surface area contributed by atoms with Crippen LogP contribution in [-0.2, 0) is 14.8 Å². The molecule has 1 N–H and O–H groups in total. The number of halogens is 3. The van der Waals surface area contributed by atoms with E-state index in [4.69, 9.17) is 16.3 Å². The van der Waals surface area contributed by atoms with Crippen molar-refractivity contribution in [2.24, 2.45) is 0 Å². The standard InChI is InChI=1S/C33H31ClF2N2O4S/c1-23(25-9-4-3-5-10-25)21-33(39)37-19-8-20-42-32-12-7-6-11-29(32)24(2)38(31-22-27(35)15-18-30(31)36)43(40,41)28-16-13-26(34)14-17-28/h3-7,9-18,21-22,24H,8,19-20H2,1-2H3,(H,37,39)/b23-21-. The summed E-state index contributed by atoms with van der Waals surface area (Å²) in [5.41, 5.74) is 1.79. The van der Waals surface area contributed by atoms with Crippen LogP contribution in [0, 0.1) is 11.6 Å². The van der Waals surface area contributed by atoms with Crippen molar-refractivity contribution in [3.8, 4) is 5.75 Å². The number of rotatable bonds is 12. The number of anilines is 1. The minimum Gasteiger partial charge on any atom is -0.493 e. The van der Waals surface area contributed by atoms with Gasteiger partial charge in [-0.25, -0.2) is 17.2 Å². The molecule has 224 valence electrons. The third-order valence-electron chi connectivity index (χ3n) is 6.69. The Morgan fingerprint density at radius 1 is 0.977 bits per heavy atom. The van der Waals surface area contributed by atoms with E-state index in [2.05, 4.69) is 5.32 Å². The number of para-hydroxylation sites is 1. The molecule has 4 aromatic carbocycles. The van der Waals surface area contributed by atoms with Gasteiger partial charge in [0.05, 0.1) is 23.2 Å². The lowest BCUT2D eigenvalue weighted by atomic mass is 10.1. The van der Waals surface area contributed by atoms with E-state index >= 15 is 4.39 Å². The molecule has 43 heavy (non-hydrogen) atoms. The molecule has 1 unspecified atom stereocenters. The molecule has 0 aliphatic carbocycles. The van der Waals surface area contributed by atoms with Gasteiger partial charge in [-0.3, -0.25) is 9.10 Å². The van der Waals surface area contributed by atoms with Crippen molar-refractivity contribution < 1.29 is 26.7 Å². The van der Waals surface area contributed by atoms with Crippen molar-refractivity contribution in [1.82, 2.24) is 5.32 Å². The largest absolute Gasteiger partial charge is 0.493 e. The fraction of sp³-hybridized carbons (Fsp3) is 0.182. The van der Waals surface area contributed by atoms with Gasteiger partial charge in [0.25, 0.3) is 10.0 Å². The second-order valence-corrected chi connectivity index (χ2v) is 12.0. The highest BCUT2D eigenvalue weighted by molar-refractivity contribution is 7.92. The van der Waals surface area contributed by atoms with E-state index in [0.29, 0.717) is 29.3 Å². The van der Waals surface area contributed by atoms with Crippen molar-refractivity contribution in [2.75, 3.05) is 17.5 Å². The first kappa shape index (κ1) is 31.7. The number of ether oxygens (including phenoxy) is 1. The molecule has 0 aliphatic rings. The minimum atomic E-state index is -4.38. The second kappa shape index (κ2) is 14.3. The van der Waals surface area contributed by atoms with Crippen LogP contribution in [0.25, 0.3) is 5.57 Å². The summed E-state index contributed by atoms with van der Waals surface area (Å²) in [7, 11) is -4.38. The second-order valence-electron chi connectivity index (χ2n) is 9.75. The van der Waals surface area contributed by atoms with Crippen molar-refractivity contribution in [3.05, 3.63) is 131 Å². The quantitative estimate of drug-likeness (QED) is 0.130. The molecule has 0 spiro atoms. The molecule has 0 fully saturated rings. The van der Waals surface area contributed by atoms with Gasteiger partial charge >= 0.3 is 0 Å². The van der Waals surface area contributed by atoms with Crippen molar-refractivity contribution in [2.45, 2.75) is 31.2 Å². The smallest absolute Gasteiger partial charge is 0.264 e. The number of nitrogens with one attached hydrogen (secondary N) is 1. The van der Waals surface area contributed by atoms with Gasteiger partial charge in [-0.1, -0.05) is 60.1 Å². The topological polar surface area (TPSA) is 75.7 Å². The molecule has 0 saturated heterocycles. The number of sulfonamides is 1. The molecular weight excluding hydrogens is 594 g/mol. The molecule has 0 heterocycles. The van der Waals surface area contributed by atoms with Crippen LogP contribution in [-0.4, -0.2) is 27.5 Å². The van der Waals surface area contributed by atoms with Crippen LogP contribution < -0.4 is 14.4 Å². The predicted octanol–water partition coefficient (Wildman–Crippen LogP) is 7.56. The van der Waals surface area contributed by atoms with Crippen LogP contribution in [0.15, 0.2) is 108 Å². The van der Waals surface area contributed by atoms with E-state index in [0.717, 1.165) is 33.6 Å². The van der Waals surface area contributed by atoms with Gasteiger partial charge in [-0.15, -0.1) is 0 Å². The summed E-state index contributed by atoms with van der Waals surface area (Å²) in [6, 6.07) is 23.4. The lowest BCUT2D eigenvalue weighted by Crippen LogP contribution is -2.34. The lowest BCUT2D eigenvalue weighted by molar-refractivity contribution is -0.116. The molecule has 6 nitrogen and oxygen atoms in total. The van der Waals surface area contributed by atoms with Gasteiger partial charge in [0.15, 0.2) is 0 Å². The maximum atomic E-state index is 15.1. The fourth-order valence-corrected chi connectivity index (χ4v) is 6.26. The number of hydrogen-bond acceptors (Lipinski definition) is 4. The number of amides is 1. The Labute approximate surface area is 255 Å². The summed E-state index contributed by atoms with van der Waals surface area (Å²) in [5, 5.41) is 3.16. The molecule has 1 amide bonds. The van der Waals surface area contributed by atoms with E-state index in [1.807, 2.05) is 37.3 Å². The van der Waals surface area contributed by atoms with Crippen LogP contribution >= 0.6 is 11.6 Å². The highest BCUT2D eigenvalue weighted by Gasteiger charge is 2.34. The maximum absolute atomic E-state index is 15.1. The summed E-state index contributed by atoms with van der Waals surface area (Å²) in [6.07, 6.45) is 2.01. The number of benzene rings is 4. The summed E-state index contributed by atoms with van der Waals surface area (Å²) in [4.78, 5) is 12.2. The van der Waals surface area contributed by atoms with Crippen molar-refractivity contribution in [1.29, 1.82) is 0 Å². The molecule has 0 bridgehead atoms. The summed E-state index contributed by atoms with van der Waals surface area (Å²) in [5.74, 6) is -1.55. The zero-order valence-corrected chi connectivity index (χ0v) is 25.2. The molecule has 4 rings (SSSR count). The Hall–Kier alpha value is -4.21. The van der Waals surface area contributed by atoms with E-state index in [-0.39, 0.29) is 17.4 Å².